The molecule has 0 spiro atoms. The summed E-state index contributed by atoms with van der Waals surface area (Å²) in [7, 11) is 0. The van der Waals surface area contributed by atoms with Crippen LogP contribution in [0.5, 0.6) is 0 Å². The van der Waals surface area contributed by atoms with Crippen LogP contribution in [0.2, 0.25) is 0 Å². The number of aromatic amines is 1. The van der Waals surface area contributed by atoms with Crippen molar-refractivity contribution < 1.29 is 13.2 Å². The Morgan fingerprint density at radius 3 is 2.73 bits per heavy atom. The maximum atomic E-state index is 12.5. The third-order valence-electron chi connectivity index (χ3n) is 2.99. The van der Waals surface area contributed by atoms with Gasteiger partial charge in [0.15, 0.2) is 0 Å². The van der Waals surface area contributed by atoms with Crippen LogP contribution in [0.1, 0.15) is 37.3 Å². The van der Waals surface area contributed by atoms with E-state index in [1.165, 1.54) is 6.20 Å². The molecule has 6 heteroatoms. The van der Waals surface area contributed by atoms with E-state index >= 15 is 0 Å². The number of rotatable bonds is 1. The van der Waals surface area contributed by atoms with Crippen molar-refractivity contribution in [2.75, 3.05) is 0 Å². The lowest BCUT2D eigenvalue weighted by molar-refractivity contribution is -0.183. The van der Waals surface area contributed by atoms with Gasteiger partial charge in [-0.15, -0.1) is 0 Å². The van der Waals surface area contributed by atoms with E-state index in [0.29, 0.717) is 12.1 Å². The molecule has 1 aromatic rings. The summed E-state index contributed by atoms with van der Waals surface area (Å²) in [6.45, 7) is 0. The predicted octanol–water partition coefficient (Wildman–Crippen LogP) is 2.64. The Kier molecular flexibility index (Phi) is 2.67. The molecule has 0 bridgehead atoms. The van der Waals surface area contributed by atoms with Crippen molar-refractivity contribution >= 4 is 0 Å². The maximum Gasteiger partial charge on any atom is 0.391 e. The highest BCUT2D eigenvalue weighted by molar-refractivity contribution is 5.03. The topological polar surface area (TPSA) is 41.6 Å². The predicted molar refractivity (Wildman–Crippen MR) is 47.1 cm³/mol. The number of nitrogens with zero attached hydrogens (tertiary/aromatic N) is 2. The Morgan fingerprint density at radius 1 is 1.33 bits per heavy atom. The molecule has 1 aliphatic carbocycles. The van der Waals surface area contributed by atoms with Crippen LogP contribution in [0.4, 0.5) is 13.2 Å². The molecule has 2 atom stereocenters. The molecule has 84 valence electrons. The van der Waals surface area contributed by atoms with Crippen molar-refractivity contribution in [2.24, 2.45) is 5.92 Å². The molecule has 2 rings (SSSR count). The van der Waals surface area contributed by atoms with Crippen molar-refractivity contribution in [1.82, 2.24) is 15.4 Å². The number of H-pyrrole nitrogens is 1. The van der Waals surface area contributed by atoms with Crippen LogP contribution in [0, 0.1) is 5.92 Å². The van der Waals surface area contributed by atoms with Crippen molar-refractivity contribution in [3.05, 3.63) is 11.9 Å². The van der Waals surface area contributed by atoms with Crippen LogP contribution in [0.3, 0.4) is 0 Å². The smallest absolute Gasteiger partial charge is 0.198 e. The van der Waals surface area contributed by atoms with Gasteiger partial charge in [-0.1, -0.05) is 6.42 Å². The number of halogens is 3. The Bertz CT molecular complexity index is 307. The minimum Gasteiger partial charge on any atom is -0.198 e. The average Bonchev–Trinajstić information content (AvgIpc) is 2.69. The minimum absolute atomic E-state index is 0.0934. The average molecular weight is 219 g/mol. The zero-order valence-electron chi connectivity index (χ0n) is 8.09. The van der Waals surface area contributed by atoms with E-state index in [4.69, 9.17) is 0 Å². The molecule has 0 saturated heterocycles. The van der Waals surface area contributed by atoms with Gasteiger partial charge in [0.2, 0.25) is 0 Å². The van der Waals surface area contributed by atoms with Gasteiger partial charge in [0.25, 0.3) is 0 Å². The van der Waals surface area contributed by atoms with Crippen LogP contribution in [-0.4, -0.2) is 21.6 Å². The van der Waals surface area contributed by atoms with Crippen LogP contribution in [0.15, 0.2) is 6.20 Å². The molecule has 3 nitrogen and oxygen atoms in total. The molecule has 0 radical (unpaired) electrons. The van der Waals surface area contributed by atoms with Crippen molar-refractivity contribution in [1.29, 1.82) is 0 Å². The molecule has 1 saturated carbocycles. The first-order valence-corrected chi connectivity index (χ1v) is 4.99. The molecule has 1 aromatic heterocycles. The number of nitrogens with one attached hydrogen (secondary N) is 1. The fourth-order valence-electron chi connectivity index (χ4n) is 2.16. The lowest BCUT2D eigenvalue weighted by atomic mass is 9.80. The third kappa shape index (κ3) is 2.30. The second kappa shape index (κ2) is 3.83. The summed E-state index contributed by atoms with van der Waals surface area (Å²) < 4.78 is 37.5. The molecule has 15 heavy (non-hydrogen) atoms. The number of hydrogen-bond donors (Lipinski definition) is 1. The first kappa shape index (κ1) is 10.4. The Labute approximate surface area is 85.1 Å². The lowest BCUT2D eigenvalue weighted by Gasteiger charge is -2.29. The number of alkyl halides is 3. The summed E-state index contributed by atoms with van der Waals surface area (Å²) in [5, 5.41) is 9.92. The summed E-state index contributed by atoms with van der Waals surface area (Å²) in [4.78, 5) is 0. The first-order valence-electron chi connectivity index (χ1n) is 4.99. The number of hydrogen-bond acceptors (Lipinski definition) is 2. The van der Waals surface area contributed by atoms with Crippen LogP contribution in [-0.2, 0) is 0 Å². The molecule has 1 N–H and O–H groups in total. The summed E-state index contributed by atoms with van der Waals surface area (Å²) in [6.07, 6.45) is -0.763. The minimum atomic E-state index is -4.07. The highest BCUT2D eigenvalue weighted by Gasteiger charge is 2.42. The fraction of sp³-hybridized carbons (Fsp3) is 0.778. The molecule has 0 unspecified atom stereocenters. The molecule has 0 amide bonds. The summed E-state index contributed by atoms with van der Waals surface area (Å²) in [6, 6.07) is 0. The monoisotopic (exact) mass is 219 g/mol. The third-order valence-corrected chi connectivity index (χ3v) is 2.99. The standard InChI is InChI=1S/C9H12F3N3/c10-9(11,12)7-3-1-2-6(4-7)8-5-13-15-14-8/h5-7H,1-4H2,(H,13,14,15)/t6-,7+/m0/s1. The van der Waals surface area contributed by atoms with E-state index < -0.39 is 12.1 Å². The van der Waals surface area contributed by atoms with Gasteiger partial charge in [-0.3, -0.25) is 0 Å². The van der Waals surface area contributed by atoms with Crippen molar-refractivity contribution in [3.8, 4) is 0 Å². The Balaban J connectivity index is 2.05. The normalized spacial score (nSPS) is 27.9. The fourth-order valence-corrected chi connectivity index (χ4v) is 2.16. The van der Waals surface area contributed by atoms with Crippen LogP contribution < -0.4 is 0 Å². The quantitative estimate of drug-likeness (QED) is 0.788. The second-order valence-electron chi connectivity index (χ2n) is 4.00. The summed E-state index contributed by atoms with van der Waals surface area (Å²) >= 11 is 0. The Morgan fingerprint density at radius 2 is 2.13 bits per heavy atom. The molecule has 0 aromatic carbocycles. The second-order valence-corrected chi connectivity index (χ2v) is 4.00. The number of aromatic nitrogens is 3. The molecular weight excluding hydrogens is 207 g/mol. The molecule has 1 heterocycles. The van der Waals surface area contributed by atoms with Gasteiger partial charge in [0.05, 0.1) is 17.8 Å². The van der Waals surface area contributed by atoms with E-state index in [0.717, 1.165) is 6.42 Å². The van der Waals surface area contributed by atoms with Gasteiger partial charge in [-0.05, 0) is 19.3 Å². The van der Waals surface area contributed by atoms with E-state index in [2.05, 4.69) is 15.4 Å². The lowest BCUT2D eigenvalue weighted by Crippen LogP contribution is -2.28. The highest BCUT2D eigenvalue weighted by Crippen LogP contribution is 2.42. The van der Waals surface area contributed by atoms with Crippen molar-refractivity contribution in [2.45, 2.75) is 37.8 Å². The SMILES string of the molecule is FC(F)(F)[C@@H]1CCC[C@H](c2cn[nH]n2)C1. The van der Waals surface area contributed by atoms with Gasteiger partial charge in [0, 0.05) is 5.92 Å². The van der Waals surface area contributed by atoms with Gasteiger partial charge < -0.3 is 0 Å². The molecule has 1 aliphatic rings. The highest BCUT2D eigenvalue weighted by atomic mass is 19.4. The van der Waals surface area contributed by atoms with Crippen LogP contribution >= 0.6 is 0 Å². The zero-order chi connectivity index (χ0) is 10.9. The van der Waals surface area contributed by atoms with E-state index in [1.54, 1.807) is 0 Å². The van der Waals surface area contributed by atoms with Crippen molar-refractivity contribution in [3.63, 3.8) is 0 Å². The van der Waals surface area contributed by atoms with E-state index in [9.17, 15) is 13.2 Å². The van der Waals surface area contributed by atoms with E-state index in [-0.39, 0.29) is 18.8 Å². The van der Waals surface area contributed by atoms with Gasteiger partial charge in [-0.25, -0.2) is 0 Å². The zero-order valence-corrected chi connectivity index (χ0v) is 8.09. The van der Waals surface area contributed by atoms with Crippen LogP contribution in [0.25, 0.3) is 0 Å². The molecule has 1 fully saturated rings. The largest absolute Gasteiger partial charge is 0.391 e. The first-order chi connectivity index (χ1) is 7.07. The Hall–Kier alpha value is -1.07. The summed E-state index contributed by atoms with van der Waals surface area (Å²) in [5.41, 5.74) is 0.656. The van der Waals surface area contributed by atoms with E-state index in [1.807, 2.05) is 0 Å². The summed E-state index contributed by atoms with van der Waals surface area (Å²) in [5.74, 6) is -1.27. The van der Waals surface area contributed by atoms with Gasteiger partial charge >= 0.3 is 6.18 Å². The maximum absolute atomic E-state index is 12.5. The molecule has 0 aliphatic heterocycles. The van der Waals surface area contributed by atoms with Gasteiger partial charge in [-0.2, -0.15) is 28.6 Å². The van der Waals surface area contributed by atoms with Gasteiger partial charge in [0.1, 0.15) is 0 Å². The molecular formula is C9H12F3N3.